The molecule has 19 nitrogen and oxygen atoms in total. The van der Waals surface area contributed by atoms with E-state index in [0.717, 1.165) is 19.3 Å². The molecule has 12 N–H and O–H groups in total. The van der Waals surface area contributed by atoms with Crippen molar-refractivity contribution in [1.82, 2.24) is 0 Å². The Balaban J connectivity index is 1.04. The topological polar surface area (TPSA) is 307 Å². The number of aliphatic hydroxyl groups excluding tert-OH is 11. The van der Waals surface area contributed by atoms with Gasteiger partial charge in [0, 0.05) is 5.92 Å². The molecule has 0 aromatic heterocycles. The van der Waals surface area contributed by atoms with Crippen LogP contribution in [0.15, 0.2) is 0 Å². The average Bonchev–Trinajstić information content (AvgIpc) is 3.62. The number of rotatable bonds is 10. The van der Waals surface area contributed by atoms with Gasteiger partial charge < -0.3 is 94.4 Å². The summed E-state index contributed by atoms with van der Waals surface area (Å²) < 4.78 is 44.3. The van der Waals surface area contributed by atoms with Crippen molar-refractivity contribution in [2.24, 2.45) is 44.8 Å². The number of hydrogen-bond acceptors (Lipinski definition) is 19. The second-order valence-corrected chi connectivity index (χ2v) is 23.9. The lowest BCUT2D eigenvalue weighted by Gasteiger charge is -2.65. The molecule has 0 bridgehead atoms. The summed E-state index contributed by atoms with van der Waals surface area (Å²) in [6.45, 7) is 12.7. The van der Waals surface area contributed by atoms with Crippen molar-refractivity contribution >= 4 is 0 Å². The van der Waals surface area contributed by atoms with E-state index >= 15 is 0 Å². The Kier molecular flexibility index (Phi) is 12.9. The molecule has 19 heteroatoms. The lowest BCUT2D eigenvalue weighted by Crippen LogP contribution is -2.66. The number of ether oxygens (including phenoxy) is 7. The van der Waals surface area contributed by atoms with Gasteiger partial charge in [0.15, 0.2) is 18.9 Å². The molecule has 9 aliphatic rings. The molecule has 0 amide bonds. The van der Waals surface area contributed by atoms with Gasteiger partial charge in [-0.2, -0.15) is 0 Å². The fourth-order valence-electron chi connectivity index (χ4n) is 16.3. The Morgan fingerprint density at radius 1 is 0.606 bits per heavy atom. The summed E-state index contributed by atoms with van der Waals surface area (Å²) in [5.41, 5.74) is -3.78. The molecule has 5 aliphatic carbocycles. The van der Waals surface area contributed by atoms with Crippen LogP contribution in [-0.2, 0) is 33.2 Å². The molecule has 0 aromatic carbocycles. The summed E-state index contributed by atoms with van der Waals surface area (Å²) >= 11 is 0. The fraction of sp³-hybridized carbons (Fsp3) is 1.00. The van der Waals surface area contributed by atoms with E-state index in [0.29, 0.717) is 38.5 Å². The first-order chi connectivity index (χ1) is 30.7. The molecule has 0 aromatic rings. The summed E-state index contributed by atoms with van der Waals surface area (Å²) in [6, 6.07) is 0. The zero-order valence-corrected chi connectivity index (χ0v) is 39.3. The average molecular weight is 947 g/mol. The molecular formula is C47H78O19. The predicted octanol–water partition coefficient (Wildman–Crippen LogP) is -1.45. The van der Waals surface area contributed by atoms with Crippen LogP contribution in [0.5, 0.6) is 0 Å². The molecule has 2 spiro atoms. The highest BCUT2D eigenvalue weighted by Crippen LogP contribution is 2.89. The minimum Gasteiger partial charge on any atom is -0.394 e. The van der Waals surface area contributed by atoms with Crippen LogP contribution < -0.4 is 0 Å². The van der Waals surface area contributed by atoms with Crippen LogP contribution in [0, 0.1) is 44.8 Å². The van der Waals surface area contributed by atoms with Crippen LogP contribution in [0.4, 0.5) is 0 Å². The summed E-state index contributed by atoms with van der Waals surface area (Å²) in [6.07, 6.45) is -17.6. The van der Waals surface area contributed by atoms with E-state index in [1.54, 1.807) is 13.8 Å². The summed E-state index contributed by atoms with van der Waals surface area (Å²) in [7, 11) is 0. The quantitative estimate of drug-likeness (QED) is 0.112. The van der Waals surface area contributed by atoms with Crippen molar-refractivity contribution in [3.8, 4) is 0 Å². The van der Waals surface area contributed by atoms with E-state index in [9.17, 15) is 61.3 Å². The highest BCUT2D eigenvalue weighted by atomic mass is 16.8. The molecule has 4 aliphatic heterocycles. The van der Waals surface area contributed by atoms with Crippen molar-refractivity contribution in [2.45, 2.75) is 228 Å². The van der Waals surface area contributed by atoms with Gasteiger partial charge in [0.1, 0.15) is 67.1 Å². The highest BCUT2D eigenvalue weighted by Gasteiger charge is 2.85. The molecule has 380 valence electrons. The van der Waals surface area contributed by atoms with Crippen LogP contribution in [-0.4, -0.2) is 203 Å². The monoisotopic (exact) mass is 947 g/mol. The van der Waals surface area contributed by atoms with Gasteiger partial charge in [-0.3, -0.25) is 0 Å². The van der Waals surface area contributed by atoms with Gasteiger partial charge in [0.25, 0.3) is 0 Å². The van der Waals surface area contributed by atoms with Gasteiger partial charge in [-0.05, 0) is 117 Å². The standard InChI is InChI=1S/C47H78O19/c1-41(2)26(64-40-35(28(52)21(51)18-60-40)65-39-34(58)32(56)30(54)24(17-49)63-39)9-11-47-19-46(47)13-12-43(5)36(45(7)10-8-27(66-45)42(3,4)59)20(50)15-44(43,6)25(46)14-22(37(41)47)61-38-33(57)31(55)29(53)23(16-48)62-38/h20-40,48-59H,8-19H2,1-7H3/t20-,21?,22-,23?,24?,25?,26-,27?,28?,29?,30?,31?,32?,33?,34?,35?,36?,37?,38?,39?,40?,43+,44-,45?,46?,47?/m0/s1. The lowest BCUT2D eigenvalue weighted by atomic mass is 9.41. The van der Waals surface area contributed by atoms with Crippen LogP contribution in [0.3, 0.4) is 0 Å². The van der Waals surface area contributed by atoms with Crippen molar-refractivity contribution < 1.29 is 94.4 Å². The maximum atomic E-state index is 12.3. The van der Waals surface area contributed by atoms with E-state index < -0.39 is 140 Å². The molecule has 66 heavy (non-hydrogen) atoms. The van der Waals surface area contributed by atoms with Crippen LogP contribution in [0.2, 0.25) is 0 Å². The van der Waals surface area contributed by atoms with Gasteiger partial charge in [0.2, 0.25) is 0 Å². The molecular weight excluding hydrogens is 868 g/mol. The van der Waals surface area contributed by atoms with Crippen molar-refractivity contribution in [1.29, 1.82) is 0 Å². The Hall–Kier alpha value is -0.760. The van der Waals surface area contributed by atoms with E-state index in [2.05, 4.69) is 34.6 Å². The largest absolute Gasteiger partial charge is 0.394 e. The third-order valence-corrected chi connectivity index (χ3v) is 19.7. The second kappa shape index (κ2) is 16.9. The first-order valence-corrected chi connectivity index (χ1v) is 24.4. The molecule has 4 saturated heterocycles. The maximum absolute atomic E-state index is 12.3. The van der Waals surface area contributed by atoms with Crippen LogP contribution >= 0.6 is 0 Å². The smallest absolute Gasteiger partial charge is 0.187 e. The molecule has 26 atom stereocenters. The Morgan fingerprint density at radius 2 is 1.21 bits per heavy atom. The van der Waals surface area contributed by atoms with Gasteiger partial charge >= 0.3 is 0 Å². The number of aliphatic hydroxyl groups is 12. The minimum atomic E-state index is -1.80. The molecule has 9 rings (SSSR count). The van der Waals surface area contributed by atoms with Gasteiger partial charge in [-0.15, -0.1) is 0 Å². The molecule has 0 radical (unpaired) electrons. The first-order valence-electron chi connectivity index (χ1n) is 24.4. The zero-order chi connectivity index (χ0) is 48.1. The third-order valence-electron chi connectivity index (χ3n) is 19.7. The first kappa shape index (κ1) is 50.2. The normalized spacial score (nSPS) is 58.0. The van der Waals surface area contributed by atoms with Crippen LogP contribution in [0.25, 0.3) is 0 Å². The number of fused-ring (bicyclic) bond motifs is 2. The van der Waals surface area contributed by atoms with E-state index in [4.69, 9.17) is 33.2 Å². The summed E-state index contributed by atoms with van der Waals surface area (Å²) in [5, 5.41) is 130. The maximum Gasteiger partial charge on any atom is 0.187 e. The lowest BCUT2D eigenvalue weighted by molar-refractivity contribution is -0.369. The molecule has 5 saturated carbocycles. The molecule has 21 unspecified atom stereocenters. The minimum absolute atomic E-state index is 0.0208. The molecule has 4 heterocycles. The van der Waals surface area contributed by atoms with E-state index in [-0.39, 0.29) is 46.7 Å². The van der Waals surface area contributed by atoms with E-state index in [1.165, 1.54) is 0 Å². The summed E-state index contributed by atoms with van der Waals surface area (Å²) in [4.78, 5) is 0. The van der Waals surface area contributed by atoms with Crippen molar-refractivity contribution in [2.75, 3.05) is 19.8 Å². The zero-order valence-electron chi connectivity index (χ0n) is 39.3. The van der Waals surface area contributed by atoms with Gasteiger partial charge in [0.05, 0.1) is 55.4 Å². The van der Waals surface area contributed by atoms with Crippen molar-refractivity contribution in [3.05, 3.63) is 0 Å². The molecule has 9 fully saturated rings. The van der Waals surface area contributed by atoms with Gasteiger partial charge in [-0.1, -0.05) is 27.7 Å². The Morgan fingerprint density at radius 3 is 1.79 bits per heavy atom. The second-order valence-electron chi connectivity index (χ2n) is 23.9. The fourth-order valence-corrected chi connectivity index (χ4v) is 16.3. The van der Waals surface area contributed by atoms with Gasteiger partial charge in [-0.25, -0.2) is 0 Å². The predicted molar refractivity (Wildman–Crippen MR) is 226 cm³/mol. The summed E-state index contributed by atoms with van der Waals surface area (Å²) in [5.74, 6) is -0.484. The van der Waals surface area contributed by atoms with E-state index in [1.807, 2.05) is 0 Å². The third kappa shape index (κ3) is 7.30. The number of hydrogen-bond donors (Lipinski definition) is 12. The van der Waals surface area contributed by atoms with Crippen molar-refractivity contribution in [3.63, 3.8) is 0 Å². The van der Waals surface area contributed by atoms with Crippen LogP contribution in [0.1, 0.15) is 106 Å². The SMILES string of the molecule is CC(C)(O)C1CCC(C)(C2[C@@H](O)C[C@@]3(C)C4C[C@H](OC5OC(CO)C(O)C(O)C5O)C5C(C)(C)[C@@H](OC6OCC(O)C(O)C6OC6OC(CO)C(O)C(O)C6O)CCC56CC46CC[C@]23C)O1. The Bertz CT molecular complexity index is 1760. The Labute approximate surface area is 386 Å². The highest BCUT2D eigenvalue weighted by molar-refractivity contribution is 5.33.